The lowest BCUT2D eigenvalue weighted by atomic mass is 10.4. The van der Waals surface area contributed by atoms with Crippen molar-refractivity contribution in [1.82, 2.24) is 14.5 Å². The highest BCUT2D eigenvalue weighted by Gasteiger charge is 2.15. The molecule has 2 aromatic heterocycles. The molecule has 8 heteroatoms. The average Bonchev–Trinajstić information content (AvgIpc) is 3.02. The standard InChI is InChI=1S/C14H11FN4O2S/c15-11-2-1-3-13(8-11)22(20,21)18-12-4-5-14(17-9-12)19-7-6-16-10-19/h1-10,18H. The largest absolute Gasteiger partial charge is 0.291 e. The third kappa shape index (κ3) is 2.96. The molecule has 0 saturated heterocycles. The Morgan fingerprint density at radius 3 is 2.68 bits per heavy atom. The lowest BCUT2D eigenvalue weighted by Gasteiger charge is -2.08. The van der Waals surface area contributed by atoms with Gasteiger partial charge in [0.05, 0.1) is 16.8 Å². The second-order valence-corrected chi connectivity index (χ2v) is 6.12. The maximum atomic E-state index is 13.1. The Morgan fingerprint density at radius 1 is 1.18 bits per heavy atom. The highest BCUT2D eigenvalue weighted by molar-refractivity contribution is 7.92. The number of pyridine rings is 1. The van der Waals surface area contributed by atoms with E-state index in [1.54, 1.807) is 35.4 Å². The van der Waals surface area contributed by atoms with Crippen molar-refractivity contribution in [3.63, 3.8) is 0 Å². The summed E-state index contributed by atoms with van der Waals surface area (Å²) in [6, 6.07) is 8.00. The molecule has 6 nitrogen and oxygen atoms in total. The summed E-state index contributed by atoms with van der Waals surface area (Å²) in [6.07, 6.45) is 6.30. The molecular weight excluding hydrogens is 307 g/mol. The summed E-state index contributed by atoms with van der Waals surface area (Å²) >= 11 is 0. The molecule has 112 valence electrons. The summed E-state index contributed by atoms with van der Waals surface area (Å²) in [4.78, 5) is 7.90. The summed E-state index contributed by atoms with van der Waals surface area (Å²) in [6.45, 7) is 0. The molecule has 2 heterocycles. The second-order valence-electron chi connectivity index (χ2n) is 4.44. The van der Waals surface area contributed by atoms with Gasteiger partial charge in [0.2, 0.25) is 0 Å². The Bertz CT molecular complexity index is 877. The number of nitrogens with zero attached hydrogens (tertiary/aromatic N) is 3. The molecule has 0 fully saturated rings. The first-order valence-corrected chi connectivity index (χ1v) is 7.76. The van der Waals surface area contributed by atoms with Gasteiger partial charge in [-0.3, -0.25) is 9.29 Å². The Balaban J connectivity index is 1.84. The zero-order chi connectivity index (χ0) is 15.6. The minimum Gasteiger partial charge on any atom is -0.291 e. The van der Waals surface area contributed by atoms with Crippen molar-refractivity contribution < 1.29 is 12.8 Å². The van der Waals surface area contributed by atoms with Crippen molar-refractivity contribution in [1.29, 1.82) is 0 Å². The van der Waals surface area contributed by atoms with Crippen LogP contribution in [0, 0.1) is 5.82 Å². The van der Waals surface area contributed by atoms with Crippen molar-refractivity contribution in [2.24, 2.45) is 0 Å². The molecule has 22 heavy (non-hydrogen) atoms. The summed E-state index contributed by atoms with van der Waals surface area (Å²) in [5.74, 6) is -0.0114. The normalized spacial score (nSPS) is 11.3. The fourth-order valence-corrected chi connectivity index (χ4v) is 2.92. The second kappa shape index (κ2) is 5.57. The molecule has 0 spiro atoms. The molecule has 3 rings (SSSR count). The van der Waals surface area contributed by atoms with Gasteiger partial charge in [0.1, 0.15) is 18.0 Å². The van der Waals surface area contributed by atoms with E-state index in [0.717, 1.165) is 6.07 Å². The van der Waals surface area contributed by atoms with Gasteiger partial charge in [-0.2, -0.15) is 0 Å². The van der Waals surface area contributed by atoms with Crippen LogP contribution < -0.4 is 4.72 Å². The van der Waals surface area contributed by atoms with Gasteiger partial charge in [-0.15, -0.1) is 0 Å². The van der Waals surface area contributed by atoms with E-state index in [2.05, 4.69) is 14.7 Å². The Hall–Kier alpha value is -2.74. The molecule has 0 unspecified atom stereocenters. The topological polar surface area (TPSA) is 76.9 Å². The minimum absolute atomic E-state index is 0.147. The van der Waals surface area contributed by atoms with Crippen LogP contribution in [-0.2, 0) is 10.0 Å². The zero-order valence-corrected chi connectivity index (χ0v) is 12.0. The number of halogens is 1. The molecule has 0 atom stereocenters. The molecule has 0 radical (unpaired) electrons. The zero-order valence-electron chi connectivity index (χ0n) is 11.2. The molecule has 1 N–H and O–H groups in total. The summed E-state index contributed by atoms with van der Waals surface area (Å²) in [5, 5.41) is 0. The molecule has 0 aliphatic heterocycles. The number of hydrogen-bond acceptors (Lipinski definition) is 4. The number of imidazole rings is 1. The number of benzene rings is 1. The van der Waals surface area contributed by atoms with Crippen molar-refractivity contribution >= 4 is 15.7 Å². The van der Waals surface area contributed by atoms with Crippen molar-refractivity contribution in [3.8, 4) is 5.82 Å². The van der Waals surface area contributed by atoms with Crippen LogP contribution in [0.2, 0.25) is 0 Å². The molecule has 0 amide bonds. The van der Waals surface area contributed by atoms with Crippen LogP contribution in [0.25, 0.3) is 5.82 Å². The monoisotopic (exact) mass is 318 g/mol. The summed E-state index contributed by atoms with van der Waals surface area (Å²) < 4.78 is 41.5. The van der Waals surface area contributed by atoms with E-state index in [9.17, 15) is 12.8 Å². The lowest BCUT2D eigenvalue weighted by molar-refractivity contribution is 0.595. The van der Waals surface area contributed by atoms with E-state index in [0.29, 0.717) is 5.82 Å². The van der Waals surface area contributed by atoms with E-state index in [-0.39, 0.29) is 10.6 Å². The number of hydrogen-bond donors (Lipinski definition) is 1. The molecule has 0 aliphatic rings. The fraction of sp³-hybridized carbons (Fsp3) is 0. The van der Waals surface area contributed by atoms with Gasteiger partial charge in [0, 0.05) is 12.4 Å². The smallest absolute Gasteiger partial charge is 0.262 e. The third-order valence-electron chi connectivity index (χ3n) is 2.88. The maximum absolute atomic E-state index is 13.1. The van der Waals surface area contributed by atoms with Crippen LogP contribution in [0.1, 0.15) is 0 Å². The maximum Gasteiger partial charge on any atom is 0.262 e. The van der Waals surface area contributed by atoms with Crippen LogP contribution in [0.15, 0.2) is 66.2 Å². The van der Waals surface area contributed by atoms with Crippen LogP contribution in [0.4, 0.5) is 10.1 Å². The number of aromatic nitrogens is 3. The van der Waals surface area contributed by atoms with E-state index in [1.165, 1.54) is 24.4 Å². The predicted molar refractivity (Wildman–Crippen MR) is 78.6 cm³/mol. The van der Waals surface area contributed by atoms with E-state index >= 15 is 0 Å². The van der Waals surface area contributed by atoms with E-state index in [4.69, 9.17) is 0 Å². The van der Waals surface area contributed by atoms with Gasteiger partial charge in [-0.1, -0.05) is 6.07 Å². The van der Waals surface area contributed by atoms with Gasteiger partial charge in [0.25, 0.3) is 10.0 Å². The molecule has 3 aromatic rings. The number of rotatable bonds is 4. The predicted octanol–water partition coefficient (Wildman–Crippen LogP) is 2.21. The van der Waals surface area contributed by atoms with Crippen LogP contribution in [0.3, 0.4) is 0 Å². The van der Waals surface area contributed by atoms with Gasteiger partial charge in [-0.05, 0) is 30.3 Å². The van der Waals surface area contributed by atoms with Crippen LogP contribution in [0.5, 0.6) is 0 Å². The summed E-state index contributed by atoms with van der Waals surface area (Å²) in [7, 11) is -3.85. The average molecular weight is 318 g/mol. The first kappa shape index (κ1) is 14.2. The van der Waals surface area contributed by atoms with Gasteiger partial charge < -0.3 is 0 Å². The first-order chi connectivity index (χ1) is 10.5. The Morgan fingerprint density at radius 2 is 2.05 bits per heavy atom. The molecule has 0 aliphatic carbocycles. The SMILES string of the molecule is O=S(=O)(Nc1ccc(-n2ccnc2)nc1)c1cccc(F)c1. The van der Waals surface area contributed by atoms with Crippen molar-refractivity contribution in [3.05, 3.63) is 67.1 Å². The molecule has 1 aromatic carbocycles. The molecule has 0 saturated carbocycles. The Kier molecular flexibility index (Phi) is 3.60. The number of nitrogens with one attached hydrogen (secondary N) is 1. The number of sulfonamides is 1. The fourth-order valence-electron chi connectivity index (χ4n) is 1.84. The minimum atomic E-state index is -3.85. The van der Waals surface area contributed by atoms with Crippen LogP contribution >= 0.6 is 0 Å². The molecular formula is C14H11FN4O2S. The quantitative estimate of drug-likeness (QED) is 0.800. The van der Waals surface area contributed by atoms with Gasteiger partial charge in [0.15, 0.2) is 0 Å². The highest BCUT2D eigenvalue weighted by Crippen LogP contribution is 2.17. The molecule has 0 bridgehead atoms. The van der Waals surface area contributed by atoms with Gasteiger partial charge >= 0.3 is 0 Å². The summed E-state index contributed by atoms with van der Waals surface area (Å²) in [5.41, 5.74) is 0.285. The van der Waals surface area contributed by atoms with Crippen molar-refractivity contribution in [2.45, 2.75) is 4.90 Å². The first-order valence-electron chi connectivity index (χ1n) is 6.27. The van der Waals surface area contributed by atoms with E-state index in [1.807, 2.05) is 0 Å². The third-order valence-corrected chi connectivity index (χ3v) is 4.25. The van der Waals surface area contributed by atoms with Crippen molar-refractivity contribution in [2.75, 3.05) is 4.72 Å². The highest BCUT2D eigenvalue weighted by atomic mass is 32.2. The number of anilines is 1. The van der Waals surface area contributed by atoms with E-state index < -0.39 is 15.8 Å². The van der Waals surface area contributed by atoms with Gasteiger partial charge in [-0.25, -0.2) is 22.8 Å². The van der Waals surface area contributed by atoms with Crippen LogP contribution in [-0.4, -0.2) is 23.0 Å². The Labute approximate surface area is 126 Å². The lowest BCUT2D eigenvalue weighted by Crippen LogP contribution is -2.13.